The molecule has 0 aromatic heterocycles. The minimum atomic E-state index is -0.416. The highest BCUT2D eigenvalue weighted by Crippen LogP contribution is 2.19. The number of non-ortho nitro benzene ring substituents is 1. The first-order valence-corrected chi connectivity index (χ1v) is 5.36. The van der Waals surface area contributed by atoms with E-state index in [-0.39, 0.29) is 5.69 Å². The monoisotopic (exact) mass is 222 g/mol. The van der Waals surface area contributed by atoms with Gasteiger partial charge in [-0.2, -0.15) is 0 Å². The van der Waals surface area contributed by atoms with Crippen LogP contribution in [0.2, 0.25) is 0 Å². The van der Waals surface area contributed by atoms with Gasteiger partial charge in [0.15, 0.2) is 0 Å². The van der Waals surface area contributed by atoms with Crippen LogP contribution in [0.3, 0.4) is 0 Å². The summed E-state index contributed by atoms with van der Waals surface area (Å²) in [5.74, 6) is 0.558. The Balaban J connectivity index is 1.93. The van der Waals surface area contributed by atoms with Crippen molar-refractivity contribution >= 4 is 5.69 Å². The molecule has 1 atom stereocenters. The largest absolute Gasteiger partial charge is 0.492 e. The smallest absolute Gasteiger partial charge is 0.273 e. The van der Waals surface area contributed by atoms with Crippen molar-refractivity contribution in [2.75, 3.05) is 13.2 Å². The van der Waals surface area contributed by atoms with E-state index in [1.807, 2.05) is 0 Å². The molecule has 1 aromatic carbocycles. The Hall–Kier alpha value is -1.62. The number of nitrogens with one attached hydrogen (secondary N) is 1. The van der Waals surface area contributed by atoms with Crippen molar-refractivity contribution in [3.63, 3.8) is 0 Å². The first-order chi connectivity index (χ1) is 7.75. The average Bonchev–Trinajstić information content (AvgIpc) is 2.79. The summed E-state index contributed by atoms with van der Waals surface area (Å²) in [5.41, 5.74) is 0.0666. The fourth-order valence-corrected chi connectivity index (χ4v) is 1.78. The van der Waals surface area contributed by atoms with Crippen molar-refractivity contribution in [2.24, 2.45) is 0 Å². The van der Waals surface area contributed by atoms with E-state index in [0.29, 0.717) is 18.4 Å². The highest BCUT2D eigenvalue weighted by molar-refractivity contribution is 5.37. The van der Waals surface area contributed by atoms with E-state index in [0.717, 1.165) is 13.0 Å². The first kappa shape index (κ1) is 10.9. The van der Waals surface area contributed by atoms with E-state index in [1.165, 1.54) is 18.6 Å². The number of nitro groups is 1. The third-order valence-electron chi connectivity index (χ3n) is 2.64. The standard InChI is InChI=1S/C11H14N2O3/c14-13(15)10-4-1-5-11(7-10)16-8-9-3-2-6-12-9/h1,4-5,7,9,12H,2-3,6,8H2/t9-/m1/s1. The highest BCUT2D eigenvalue weighted by Gasteiger charge is 2.15. The summed E-state index contributed by atoms with van der Waals surface area (Å²) in [5, 5.41) is 13.9. The molecule has 0 aliphatic carbocycles. The summed E-state index contributed by atoms with van der Waals surface area (Å²) in [6, 6.07) is 6.66. The van der Waals surface area contributed by atoms with Crippen molar-refractivity contribution in [1.82, 2.24) is 5.32 Å². The predicted octanol–water partition coefficient (Wildman–Crippen LogP) is 1.73. The number of nitro benzene ring substituents is 1. The average molecular weight is 222 g/mol. The van der Waals surface area contributed by atoms with E-state index in [2.05, 4.69) is 5.32 Å². The zero-order chi connectivity index (χ0) is 11.4. The molecule has 1 aliphatic heterocycles. The summed E-state index contributed by atoms with van der Waals surface area (Å²) in [6.07, 6.45) is 2.28. The van der Waals surface area contributed by atoms with Gasteiger partial charge in [0.05, 0.1) is 11.0 Å². The van der Waals surface area contributed by atoms with Gasteiger partial charge in [-0.25, -0.2) is 0 Å². The zero-order valence-corrected chi connectivity index (χ0v) is 8.89. The summed E-state index contributed by atoms with van der Waals surface area (Å²) in [6.45, 7) is 1.60. The molecule has 1 aliphatic rings. The molecule has 0 unspecified atom stereocenters. The number of hydrogen-bond acceptors (Lipinski definition) is 4. The molecule has 86 valence electrons. The lowest BCUT2D eigenvalue weighted by molar-refractivity contribution is -0.384. The molecule has 1 aromatic rings. The third-order valence-corrected chi connectivity index (χ3v) is 2.64. The van der Waals surface area contributed by atoms with Crippen LogP contribution in [0.5, 0.6) is 5.75 Å². The van der Waals surface area contributed by atoms with Crippen molar-refractivity contribution in [3.8, 4) is 5.75 Å². The Morgan fingerprint density at radius 1 is 1.56 bits per heavy atom. The summed E-state index contributed by atoms with van der Waals surface area (Å²) in [4.78, 5) is 10.1. The molecule has 1 fully saturated rings. The maximum atomic E-state index is 10.6. The van der Waals surface area contributed by atoms with Crippen LogP contribution in [-0.2, 0) is 0 Å². The Morgan fingerprint density at radius 3 is 3.12 bits per heavy atom. The lowest BCUT2D eigenvalue weighted by Gasteiger charge is -2.11. The molecule has 1 heterocycles. The Bertz CT molecular complexity index is 375. The summed E-state index contributed by atoms with van der Waals surface area (Å²) in [7, 11) is 0. The normalized spacial score (nSPS) is 19.6. The van der Waals surface area contributed by atoms with Crippen LogP contribution in [0, 0.1) is 10.1 Å². The third kappa shape index (κ3) is 2.70. The zero-order valence-electron chi connectivity index (χ0n) is 8.89. The molecular formula is C11H14N2O3. The number of benzene rings is 1. The summed E-state index contributed by atoms with van der Waals surface area (Å²) < 4.78 is 5.51. The molecule has 5 heteroatoms. The van der Waals surface area contributed by atoms with Crippen LogP contribution in [-0.4, -0.2) is 24.1 Å². The van der Waals surface area contributed by atoms with Crippen molar-refractivity contribution in [3.05, 3.63) is 34.4 Å². The van der Waals surface area contributed by atoms with Crippen molar-refractivity contribution < 1.29 is 9.66 Å². The predicted molar refractivity (Wildman–Crippen MR) is 59.6 cm³/mol. The van der Waals surface area contributed by atoms with Crippen molar-refractivity contribution in [2.45, 2.75) is 18.9 Å². The summed E-state index contributed by atoms with van der Waals surface area (Å²) >= 11 is 0. The molecule has 1 N–H and O–H groups in total. The van der Waals surface area contributed by atoms with Crippen LogP contribution < -0.4 is 10.1 Å². The number of hydrogen-bond donors (Lipinski definition) is 1. The van der Waals surface area contributed by atoms with Gasteiger partial charge in [-0.3, -0.25) is 10.1 Å². The minimum Gasteiger partial charge on any atom is -0.492 e. The highest BCUT2D eigenvalue weighted by atomic mass is 16.6. The van der Waals surface area contributed by atoms with Gasteiger partial charge < -0.3 is 10.1 Å². The van der Waals surface area contributed by atoms with Gasteiger partial charge in [0.25, 0.3) is 5.69 Å². The molecule has 1 saturated heterocycles. The molecule has 2 rings (SSSR count). The fraction of sp³-hybridized carbons (Fsp3) is 0.455. The second-order valence-corrected chi connectivity index (χ2v) is 3.86. The van der Waals surface area contributed by atoms with Gasteiger partial charge in [-0.15, -0.1) is 0 Å². The van der Waals surface area contributed by atoms with Gasteiger partial charge in [0, 0.05) is 12.1 Å². The van der Waals surface area contributed by atoms with Gasteiger partial charge >= 0.3 is 0 Å². The molecule has 0 radical (unpaired) electrons. The maximum absolute atomic E-state index is 10.6. The SMILES string of the molecule is O=[N+]([O-])c1cccc(OC[C@H]2CCCN2)c1. The molecule has 5 nitrogen and oxygen atoms in total. The molecule has 16 heavy (non-hydrogen) atoms. The van der Waals surface area contributed by atoms with Crippen LogP contribution in [0.4, 0.5) is 5.69 Å². The van der Waals surface area contributed by atoms with Gasteiger partial charge in [-0.05, 0) is 25.5 Å². The van der Waals surface area contributed by atoms with Crippen molar-refractivity contribution in [1.29, 1.82) is 0 Å². The van der Waals surface area contributed by atoms with E-state index in [9.17, 15) is 10.1 Å². The Kier molecular flexibility index (Phi) is 3.36. The quantitative estimate of drug-likeness (QED) is 0.622. The molecule has 0 amide bonds. The molecule has 0 saturated carbocycles. The van der Waals surface area contributed by atoms with Crippen LogP contribution in [0.1, 0.15) is 12.8 Å². The van der Waals surface area contributed by atoms with Gasteiger partial charge in [0.2, 0.25) is 0 Å². The Labute approximate surface area is 93.6 Å². The topological polar surface area (TPSA) is 64.4 Å². The molecule has 0 spiro atoms. The number of rotatable bonds is 4. The Morgan fingerprint density at radius 2 is 2.44 bits per heavy atom. The van der Waals surface area contributed by atoms with E-state index in [1.54, 1.807) is 12.1 Å². The van der Waals surface area contributed by atoms with E-state index in [4.69, 9.17) is 4.74 Å². The fourth-order valence-electron chi connectivity index (χ4n) is 1.78. The lowest BCUT2D eigenvalue weighted by atomic mass is 10.2. The number of ether oxygens (including phenoxy) is 1. The van der Waals surface area contributed by atoms with Crippen LogP contribution in [0.15, 0.2) is 24.3 Å². The second-order valence-electron chi connectivity index (χ2n) is 3.86. The van der Waals surface area contributed by atoms with Crippen LogP contribution in [0.25, 0.3) is 0 Å². The molecular weight excluding hydrogens is 208 g/mol. The van der Waals surface area contributed by atoms with Gasteiger partial charge in [0.1, 0.15) is 12.4 Å². The maximum Gasteiger partial charge on any atom is 0.273 e. The lowest BCUT2D eigenvalue weighted by Crippen LogP contribution is -2.28. The molecule has 0 bridgehead atoms. The van der Waals surface area contributed by atoms with Crippen LogP contribution >= 0.6 is 0 Å². The number of nitrogens with zero attached hydrogens (tertiary/aromatic N) is 1. The van der Waals surface area contributed by atoms with E-state index >= 15 is 0 Å². The minimum absolute atomic E-state index is 0.0666. The first-order valence-electron chi connectivity index (χ1n) is 5.36. The van der Waals surface area contributed by atoms with E-state index < -0.39 is 4.92 Å². The second kappa shape index (κ2) is 4.94. The van der Waals surface area contributed by atoms with Gasteiger partial charge in [-0.1, -0.05) is 6.07 Å².